The fraction of sp³-hybridized carbons (Fsp3) is 0.625. The van der Waals surface area contributed by atoms with Crippen LogP contribution in [0.25, 0.3) is 0 Å². The molecule has 2 unspecified atom stereocenters. The van der Waals surface area contributed by atoms with E-state index in [1.165, 1.54) is 0 Å². The third kappa shape index (κ3) is 1.24. The minimum absolute atomic E-state index is 0.0700. The predicted molar refractivity (Wildman–Crippen MR) is 45.0 cm³/mol. The monoisotopic (exact) mass is 170 g/mol. The van der Waals surface area contributed by atoms with E-state index in [1.54, 1.807) is 7.05 Å². The summed E-state index contributed by atoms with van der Waals surface area (Å²) in [6.45, 7) is 3.79. The zero-order chi connectivity index (χ0) is 9.30. The Bertz CT molecular complexity index is 235. The van der Waals surface area contributed by atoms with Crippen molar-refractivity contribution in [3.63, 3.8) is 0 Å². The molecule has 0 bridgehead atoms. The highest BCUT2D eigenvalue weighted by Gasteiger charge is 2.35. The standard InChI is InChI=1S/C8H14N2O2/c1-4-5(2)12-8(11)6(4)7(9)10-3/h4-5,10H,9H2,1-3H3/b7-6+. The van der Waals surface area contributed by atoms with Gasteiger partial charge in [0.1, 0.15) is 11.9 Å². The molecule has 68 valence electrons. The Labute approximate surface area is 71.8 Å². The second kappa shape index (κ2) is 3.05. The molecule has 0 aromatic carbocycles. The van der Waals surface area contributed by atoms with Gasteiger partial charge in [0, 0.05) is 13.0 Å². The first-order valence-corrected chi connectivity index (χ1v) is 3.96. The van der Waals surface area contributed by atoms with Gasteiger partial charge in [-0.3, -0.25) is 0 Å². The van der Waals surface area contributed by atoms with Crippen LogP contribution in [-0.4, -0.2) is 19.1 Å². The van der Waals surface area contributed by atoms with Crippen LogP contribution in [0.1, 0.15) is 13.8 Å². The van der Waals surface area contributed by atoms with Crippen LogP contribution >= 0.6 is 0 Å². The van der Waals surface area contributed by atoms with Crippen LogP contribution in [0.5, 0.6) is 0 Å². The van der Waals surface area contributed by atoms with Gasteiger partial charge in [-0.2, -0.15) is 0 Å². The third-order valence-electron chi connectivity index (χ3n) is 2.23. The minimum atomic E-state index is -0.304. The van der Waals surface area contributed by atoms with Crippen LogP contribution in [0.2, 0.25) is 0 Å². The quantitative estimate of drug-likeness (QED) is 0.428. The summed E-state index contributed by atoms with van der Waals surface area (Å²) < 4.78 is 4.99. The summed E-state index contributed by atoms with van der Waals surface area (Å²) in [5.41, 5.74) is 6.15. The van der Waals surface area contributed by atoms with E-state index in [0.29, 0.717) is 11.4 Å². The number of esters is 1. The molecular formula is C8H14N2O2. The van der Waals surface area contributed by atoms with Crippen molar-refractivity contribution in [2.24, 2.45) is 11.7 Å². The molecule has 1 heterocycles. The molecule has 12 heavy (non-hydrogen) atoms. The number of cyclic esters (lactones) is 1. The van der Waals surface area contributed by atoms with E-state index in [4.69, 9.17) is 10.5 Å². The van der Waals surface area contributed by atoms with Gasteiger partial charge < -0.3 is 15.8 Å². The van der Waals surface area contributed by atoms with E-state index in [2.05, 4.69) is 5.32 Å². The zero-order valence-corrected chi connectivity index (χ0v) is 7.55. The first-order chi connectivity index (χ1) is 5.57. The number of ether oxygens (including phenoxy) is 1. The van der Waals surface area contributed by atoms with E-state index in [9.17, 15) is 4.79 Å². The summed E-state index contributed by atoms with van der Waals surface area (Å²) in [7, 11) is 1.69. The summed E-state index contributed by atoms with van der Waals surface area (Å²) in [4.78, 5) is 11.2. The molecule has 0 saturated carbocycles. The fourth-order valence-corrected chi connectivity index (χ4v) is 1.24. The zero-order valence-electron chi connectivity index (χ0n) is 7.55. The van der Waals surface area contributed by atoms with E-state index in [1.807, 2.05) is 13.8 Å². The molecule has 3 N–H and O–H groups in total. The highest BCUT2D eigenvalue weighted by Crippen LogP contribution is 2.27. The van der Waals surface area contributed by atoms with E-state index >= 15 is 0 Å². The number of carbonyl (C=O) groups excluding carboxylic acids is 1. The Morgan fingerprint density at radius 1 is 1.58 bits per heavy atom. The molecule has 0 aliphatic carbocycles. The maximum absolute atomic E-state index is 11.2. The Kier molecular flexibility index (Phi) is 2.26. The summed E-state index contributed by atoms with van der Waals surface area (Å²) in [6.07, 6.45) is -0.0700. The van der Waals surface area contributed by atoms with Crippen LogP contribution < -0.4 is 11.1 Å². The van der Waals surface area contributed by atoms with Crippen LogP contribution in [0, 0.1) is 5.92 Å². The molecule has 0 spiro atoms. The fourth-order valence-electron chi connectivity index (χ4n) is 1.24. The van der Waals surface area contributed by atoms with Gasteiger partial charge in [0.05, 0.1) is 5.57 Å². The van der Waals surface area contributed by atoms with Gasteiger partial charge in [0.15, 0.2) is 0 Å². The van der Waals surface area contributed by atoms with Crippen molar-refractivity contribution in [3.05, 3.63) is 11.4 Å². The van der Waals surface area contributed by atoms with Gasteiger partial charge >= 0.3 is 5.97 Å². The van der Waals surface area contributed by atoms with Crippen molar-refractivity contribution in [2.75, 3.05) is 7.05 Å². The van der Waals surface area contributed by atoms with Crippen LogP contribution in [0.3, 0.4) is 0 Å². The first-order valence-electron chi connectivity index (χ1n) is 3.96. The van der Waals surface area contributed by atoms with Gasteiger partial charge in [0.2, 0.25) is 0 Å². The summed E-state index contributed by atoms with van der Waals surface area (Å²) in [5.74, 6) is 0.184. The smallest absolute Gasteiger partial charge is 0.338 e. The average molecular weight is 170 g/mol. The SMILES string of the molecule is CN/C(N)=C1/C(=O)OC(C)C1C. The van der Waals surface area contributed by atoms with Gasteiger partial charge in [-0.25, -0.2) is 4.79 Å². The number of hydrogen-bond acceptors (Lipinski definition) is 4. The van der Waals surface area contributed by atoms with Crippen molar-refractivity contribution < 1.29 is 9.53 Å². The van der Waals surface area contributed by atoms with Gasteiger partial charge in [-0.05, 0) is 6.92 Å². The molecule has 4 heteroatoms. The summed E-state index contributed by atoms with van der Waals surface area (Å²) in [5, 5.41) is 2.74. The van der Waals surface area contributed by atoms with Gasteiger partial charge in [0.25, 0.3) is 0 Å². The topological polar surface area (TPSA) is 64.3 Å². The molecule has 1 rings (SSSR count). The molecule has 0 amide bonds. The molecular weight excluding hydrogens is 156 g/mol. The van der Waals surface area contributed by atoms with Gasteiger partial charge in [-0.1, -0.05) is 6.92 Å². The molecule has 1 aliphatic heterocycles. The Balaban J connectivity index is 2.98. The predicted octanol–water partition coefficient (Wildman–Crippen LogP) is -0.0425. The van der Waals surface area contributed by atoms with Crippen molar-refractivity contribution in [1.82, 2.24) is 5.32 Å². The molecule has 0 aromatic rings. The highest BCUT2D eigenvalue weighted by molar-refractivity contribution is 5.92. The van der Waals surface area contributed by atoms with Crippen molar-refractivity contribution in [1.29, 1.82) is 0 Å². The molecule has 4 nitrogen and oxygen atoms in total. The molecule has 1 fully saturated rings. The lowest BCUT2D eigenvalue weighted by atomic mass is 9.99. The van der Waals surface area contributed by atoms with Crippen molar-refractivity contribution in [3.8, 4) is 0 Å². The highest BCUT2D eigenvalue weighted by atomic mass is 16.5. The average Bonchev–Trinajstić information content (AvgIpc) is 2.26. The Morgan fingerprint density at radius 2 is 2.17 bits per heavy atom. The molecule has 1 aliphatic rings. The van der Waals surface area contributed by atoms with Gasteiger partial charge in [-0.15, -0.1) is 0 Å². The number of hydrogen-bond donors (Lipinski definition) is 2. The number of nitrogens with one attached hydrogen (secondary N) is 1. The van der Waals surface area contributed by atoms with Crippen molar-refractivity contribution in [2.45, 2.75) is 20.0 Å². The maximum Gasteiger partial charge on any atom is 0.338 e. The second-order valence-electron chi connectivity index (χ2n) is 2.98. The summed E-state index contributed by atoms with van der Waals surface area (Å²) >= 11 is 0. The maximum atomic E-state index is 11.2. The third-order valence-corrected chi connectivity index (χ3v) is 2.23. The van der Waals surface area contributed by atoms with Crippen molar-refractivity contribution >= 4 is 5.97 Å². The largest absolute Gasteiger partial charge is 0.459 e. The normalized spacial score (nSPS) is 33.1. The molecule has 0 radical (unpaired) electrons. The molecule has 2 atom stereocenters. The number of nitrogens with two attached hydrogens (primary N) is 1. The van der Waals surface area contributed by atoms with Crippen LogP contribution in [0.4, 0.5) is 0 Å². The second-order valence-corrected chi connectivity index (χ2v) is 2.98. The number of rotatable bonds is 1. The minimum Gasteiger partial charge on any atom is -0.459 e. The Hall–Kier alpha value is -1.19. The lowest BCUT2D eigenvalue weighted by molar-refractivity contribution is -0.138. The lowest BCUT2D eigenvalue weighted by Gasteiger charge is -2.07. The van der Waals surface area contributed by atoms with E-state index in [-0.39, 0.29) is 18.0 Å². The lowest BCUT2D eigenvalue weighted by Crippen LogP contribution is -2.21. The molecule has 0 aromatic heterocycles. The first kappa shape index (κ1) is 8.90. The van der Waals surface area contributed by atoms with E-state index < -0.39 is 0 Å². The van der Waals surface area contributed by atoms with E-state index in [0.717, 1.165) is 0 Å². The summed E-state index contributed by atoms with van der Waals surface area (Å²) in [6, 6.07) is 0. The molecule has 1 saturated heterocycles. The Morgan fingerprint density at radius 3 is 2.50 bits per heavy atom. The number of carbonyl (C=O) groups is 1. The van der Waals surface area contributed by atoms with Crippen LogP contribution in [-0.2, 0) is 9.53 Å². The van der Waals surface area contributed by atoms with Crippen LogP contribution in [0.15, 0.2) is 11.4 Å².